The fraction of sp³-hybridized carbons (Fsp3) is 0.286. The highest BCUT2D eigenvalue weighted by Gasteiger charge is 2.27. The summed E-state index contributed by atoms with van der Waals surface area (Å²) in [5.41, 5.74) is -1.46. The summed E-state index contributed by atoms with van der Waals surface area (Å²) in [7, 11) is 0. The van der Waals surface area contributed by atoms with Gasteiger partial charge in [-0.25, -0.2) is 9.97 Å². The zero-order valence-corrected chi connectivity index (χ0v) is 14.0. The first kappa shape index (κ1) is 17.9. The van der Waals surface area contributed by atoms with Gasteiger partial charge in [0.25, 0.3) is 0 Å². The molecule has 13 heteroatoms. The third kappa shape index (κ3) is 2.84. The highest BCUT2D eigenvalue weighted by Crippen LogP contribution is 2.42. The second kappa shape index (κ2) is 6.44. The molecule has 0 saturated heterocycles. The third-order valence-corrected chi connectivity index (χ3v) is 3.64. The van der Waals surface area contributed by atoms with Crippen molar-refractivity contribution >= 4 is 39.7 Å². The molecule has 0 aliphatic rings. The minimum Gasteiger partial charge on any atom is -0.504 e. The molecule has 0 aliphatic carbocycles. The van der Waals surface area contributed by atoms with E-state index in [1.54, 1.807) is 0 Å². The molecule has 27 heavy (non-hydrogen) atoms. The molecule has 2 aromatic heterocycles. The van der Waals surface area contributed by atoms with E-state index in [2.05, 4.69) is 15.1 Å². The molecular formula is C14H13N5O8. The number of phenols is 1. The molecule has 0 spiro atoms. The van der Waals surface area contributed by atoms with Crippen molar-refractivity contribution in [1.29, 1.82) is 0 Å². The van der Waals surface area contributed by atoms with Crippen LogP contribution in [0.5, 0.6) is 5.75 Å². The van der Waals surface area contributed by atoms with E-state index < -0.39 is 36.6 Å². The Morgan fingerprint density at radius 3 is 1.93 bits per heavy atom. The van der Waals surface area contributed by atoms with Crippen LogP contribution in [0.3, 0.4) is 0 Å². The molecule has 0 saturated carbocycles. The molecule has 0 radical (unpaired) electrons. The average Bonchev–Trinajstić information content (AvgIpc) is 3.09. The van der Waals surface area contributed by atoms with Gasteiger partial charge in [0.1, 0.15) is 16.6 Å². The topological polar surface area (TPSA) is 178 Å². The number of aromatic nitrogens is 4. The van der Waals surface area contributed by atoms with Gasteiger partial charge in [0.2, 0.25) is 0 Å². The van der Waals surface area contributed by atoms with Crippen molar-refractivity contribution in [3.63, 3.8) is 0 Å². The zero-order chi connectivity index (χ0) is 19.9. The molecule has 3 aromatic rings. The molecular weight excluding hydrogens is 366 g/mol. The quantitative estimate of drug-likeness (QED) is 0.330. The van der Waals surface area contributed by atoms with Gasteiger partial charge in [0, 0.05) is 13.8 Å². The molecule has 3 rings (SSSR count). The maximum atomic E-state index is 11.2. The minimum absolute atomic E-state index is 0.149. The van der Waals surface area contributed by atoms with Gasteiger partial charge in [0.05, 0.1) is 0 Å². The predicted molar refractivity (Wildman–Crippen MR) is 85.5 cm³/mol. The van der Waals surface area contributed by atoms with Gasteiger partial charge >= 0.3 is 11.9 Å². The van der Waals surface area contributed by atoms with E-state index in [9.17, 15) is 30.0 Å². The zero-order valence-electron chi connectivity index (χ0n) is 14.0. The monoisotopic (exact) mass is 379 g/mol. The van der Waals surface area contributed by atoms with Crippen LogP contribution in [-0.4, -0.2) is 46.9 Å². The summed E-state index contributed by atoms with van der Waals surface area (Å²) in [5, 5.41) is 33.6. The lowest BCUT2D eigenvalue weighted by atomic mass is 10.2. The Labute approximate surface area is 149 Å². The predicted octanol–water partition coefficient (Wildman–Crippen LogP) is 1.09. The maximum absolute atomic E-state index is 11.2. The van der Waals surface area contributed by atoms with Gasteiger partial charge in [-0.05, 0) is 5.18 Å². The fourth-order valence-corrected chi connectivity index (χ4v) is 2.50. The van der Waals surface area contributed by atoms with Crippen molar-refractivity contribution in [2.24, 2.45) is 5.18 Å². The van der Waals surface area contributed by atoms with E-state index in [1.165, 1.54) is 0 Å². The molecule has 0 amide bonds. The minimum atomic E-state index is -0.742. The molecule has 0 fully saturated rings. The van der Waals surface area contributed by atoms with Gasteiger partial charge in [-0.15, -0.1) is 4.91 Å². The summed E-state index contributed by atoms with van der Waals surface area (Å²) >= 11 is 0. The summed E-state index contributed by atoms with van der Waals surface area (Å²) in [5.74, 6) is -2.38. The number of esters is 2. The Hall–Kier alpha value is -3.90. The summed E-state index contributed by atoms with van der Waals surface area (Å²) in [6.45, 7) is 1.44. The SMILES string of the molecule is CC(=O)OCc1nc2c(c(O)c(N=O)c3nc(COC(C)=O)n(O)c32)n1O. The van der Waals surface area contributed by atoms with E-state index in [0.29, 0.717) is 9.46 Å². The number of rotatable bonds is 5. The van der Waals surface area contributed by atoms with Crippen LogP contribution in [-0.2, 0) is 32.3 Å². The number of imidazole rings is 2. The Morgan fingerprint density at radius 1 is 0.963 bits per heavy atom. The van der Waals surface area contributed by atoms with E-state index in [4.69, 9.17) is 9.47 Å². The number of hydrogen-bond donors (Lipinski definition) is 3. The molecule has 0 bridgehead atoms. The number of fused-ring (bicyclic) bond motifs is 3. The van der Waals surface area contributed by atoms with Crippen LogP contribution in [0.25, 0.3) is 22.1 Å². The lowest BCUT2D eigenvalue weighted by Gasteiger charge is -2.03. The molecule has 0 aliphatic heterocycles. The van der Waals surface area contributed by atoms with Crippen molar-refractivity contribution < 1.29 is 34.6 Å². The lowest BCUT2D eigenvalue weighted by Crippen LogP contribution is -2.05. The van der Waals surface area contributed by atoms with Crippen molar-refractivity contribution in [1.82, 2.24) is 19.4 Å². The summed E-state index contributed by atoms with van der Waals surface area (Å²) in [6, 6.07) is 0. The first-order chi connectivity index (χ1) is 12.8. The van der Waals surface area contributed by atoms with Crippen LogP contribution in [0.1, 0.15) is 25.5 Å². The largest absolute Gasteiger partial charge is 0.504 e. The Kier molecular flexibility index (Phi) is 4.27. The van der Waals surface area contributed by atoms with Crippen molar-refractivity contribution in [3.05, 3.63) is 16.6 Å². The molecule has 142 valence electrons. The Morgan fingerprint density at radius 2 is 1.44 bits per heavy atom. The van der Waals surface area contributed by atoms with Crippen molar-refractivity contribution in [2.75, 3.05) is 0 Å². The second-order valence-electron chi connectivity index (χ2n) is 5.42. The third-order valence-electron chi connectivity index (χ3n) is 3.64. The van der Waals surface area contributed by atoms with E-state index >= 15 is 0 Å². The van der Waals surface area contributed by atoms with E-state index in [-0.39, 0.29) is 33.7 Å². The molecule has 3 N–H and O–H groups in total. The van der Waals surface area contributed by atoms with Gasteiger partial charge in [-0.3, -0.25) is 9.59 Å². The highest BCUT2D eigenvalue weighted by atomic mass is 16.5. The van der Waals surface area contributed by atoms with Gasteiger partial charge < -0.3 is 25.0 Å². The number of phenolic OH excluding ortho intramolecular Hbond substituents is 1. The number of benzene rings is 1. The first-order valence-electron chi connectivity index (χ1n) is 7.42. The number of nitrogens with zero attached hydrogens (tertiary/aromatic N) is 5. The van der Waals surface area contributed by atoms with Crippen LogP contribution < -0.4 is 0 Å². The van der Waals surface area contributed by atoms with Crippen LogP contribution >= 0.6 is 0 Å². The fourth-order valence-electron chi connectivity index (χ4n) is 2.50. The van der Waals surface area contributed by atoms with Crippen molar-refractivity contribution in [3.8, 4) is 5.75 Å². The number of nitroso groups, excluding NO2 is 1. The normalized spacial score (nSPS) is 11.0. The van der Waals surface area contributed by atoms with Crippen LogP contribution in [0.15, 0.2) is 5.18 Å². The Bertz CT molecular complexity index is 1100. The molecule has 0 unspecified atom stereocenters. The number of ether oxygens (including phenoxy) is 2. The van der Waals surface area contributed by atoms with Crippen molar-refractivity contribution in [2.45, 2.75) is 27.1 Å². The van der Waals surface area contributed by atoms with Crippen LogP contribution in [0, 0.1) is 4.91 Å². The Balaban J connectivity index is 2.30. The van der Waals surface area contributed by atoms with Gasteiger partial charge in [-0.2, -0.15) is 9.46 Å². The first-order valence-corrected chi connectivity index (χ1v) is 7.42. The molecule has 1 aromatic carbocycles. The molecule has 2 heterocycles. The smallest absolute Gasteiger partial charge is 0.303 e. The number of carbonyl (C=O) groups is 2. The number of aromatic hydroxyl groups is 1. The standard InChI is InChI=1S/C14H13N5O8/c1-5(20)26-3-7-15-9-10(17-23)14(22)13-11(12(9)18(7)24)16-8(19(13)25)4-27-6(2)21/h22,24-25H,3-4H2,1-2H3. The molecule has 13 nitrogen and oxygen atoms in total. The molecule has 0 atom stereocenters. The van der Waals surface area contributed by atoms with Crippen LogP contribution in [0.2, 0.25) is 0 Å². The van der Waals surface area contributed by atoms with Crippen LogP contribution in [0.4, 0.5) is 5.69 Å². The van der Waals surface area contributed by atoms with E-state index in [1.807, 2.05) is 0 Å². The van der Waals surface area contributed by atoms with E-state index in [0.717, 1.165) is 13.8 Å². The average molecular weight is 379 g/mol. The highest BCUT2D eigenvalue weighted by molar-refractivity contribution is 6.10. The summed E-state index contributed by atoms with van der Waals surface area (Å²) in [6.07, 6.45) is 0. The summed E-state index contributed by atoms with van der Waals surface area (Å²) in [4.78, 5) is 41.1. The summed E-state index contributed by atoms with van der Waals surface area (Å²) < 4.78 is 10.4. The number of carbonyl (C=O) groups excluding carboxylic acids is 2. The lowest BCUT2D eigenvalue weighted by molar-refractivity contribution is -0.143. The number of hydrogen-bond acceptors (Lipinski definition) is 11. The second-order valence-corrected chi connectivity index (χ2v) is 5.42. The van der Waals surface area contributed by atoms with Gasteiger partial charge in [-0.1, -0.05) is 0 Å². The maximum Gasteiger partial charge on any atom is 0.303 e. The van der Waals surface area contributed by atoms with Gasteiger partial charge in [0.15, 0.2) is 41.8 Å².